The molecule has 1 atom stereocenters. The Morgan fingerprint density at radius 2 is 1.68 bits per heavy atom. The molecule has 7 nitrogen and oxygen atoms in total. The van der Waals surface area contributed by atoms with Crippen molar-refractivity contribution < 1.29 is 17.9 Å². The Morgan fingerprint density at radius 3 is 2.29 bits per heavy atom. The van der Waals surface area contributed by atoms with Gasteiger partial charge in [0.05, 0.1) is 4.90 Å². The second-order valence-electron chi connectivity index (χ2n) is 7.78. The van der Waals surface area contributed by atoms with Crippen molar-refractivity contribution in [2.24, 2.45) is 0 Å². The van der Waals surface area contributed by atoms with Crippen LogP contribution in [0.5, 0.6) is 5.75 Å². The molecular weight excluding hydrogens is 378 g/mol. The summed E-state index contributed by atoms with van der Waals surface area (Å²) in [5.74, 6) is 0.365. The van der Waals surface area contributed by atoms with Gasteiger partial charge in [0.1, 0.15) is 5.75 Å². The molecule has 1 aliphatic heterocycles. The van der Waals surface area contributed by atoms with Crippen molar-refractivity contribution in [2.75, 3.05) is 33.2 Å². The molecule has 8 heteroatoms. The molecule has 1 saturated heterocycles. The molecule has 0 aromatic heterocycles. The lowest BCUT2D eigenvalue weighted by atomic mass is 9.95. The molecule has 1 aliphatic carbocycles. The number of hydrogen-bond donors (Lipinski definition) is 1. The minimum absolute atomic E-state index is 0.124. The van der Waals surface area contributed by atoms with Crippen LogP contribution < -0.4 is 10.1 Å². The minimum Gasteiger partial charge on any atom is -0.481 e. The number of amides is 1. The highest BCUT2D eigenvalue weighted by molar-refractivity contribution is 7.89. The lowest BCUT2D eigenvalue weighted by molar-refractivity contribution is -0.128. The second kappa shape index (κ2) is 9.24. The van der Waals surface area contributed by atoms with E-state index in [0.29, 0.717) is 18.8 Å². The van der Waals surface area contributed by atoms with E-state index in [-0.39, 0.29) is 16.8 Å². The predicted octanol–water partition coefficient (Wildman–Crippen LogP) is 1.84. The molecule has 2 fully saturated rings. The van der Waals surface area contributed by atoms with Gasteiger partial charge in [-0.15, -0.1) is 0 Å². The third-order valence-corrected chi connectivity index (χ3v) is 7.47. The molecule has 0 spiro atoms. The van der Waals surface area contributed by atoms with Crippen molar-refractivity contribution in [3.63, 3.8) is 0 Å². The van der Waals surface area contributed by atoms with Gasteiger partial charge < -0.3 is 15.0 Å². The number of nitrogens with one attached hydrogen (secondary N) is 1. The van der Waals surface area contributed by atoms with Gasteiger partial charge in [-0.3, -0.25) is 4.79 Å². The van der Waals surface area contributed by atoms with Crippen LogP contribution >= 0.6 is 0 Å². The lowest BCUT2D eigenvalue weighted by Crippen LogP contribution is -2.47. The zero-order valence-electron chi connectivity index (χ0n) is 16.8. The molecule has 1 saturated carbocycles. The molecule has 1 aromatic rings. The van der Waals surface area contributed by atoms with E-state index in [1.54, 1.807) is 31.2 Å². The van der Waals surface area contributed by atoms with Crippen LogP contribution in [0.3, 0.4) is 0 Å². The quantitative estimate of drug-likeness (QED) is 0.776. The first-order chi connectivity index (χ1) is 13.4. The Morgan fingerprint density at radius 1 is 1.07 bits per heavy atom. The lowest BCUT2D eigenvalue weighted by Gasteiger charge is -2.31. The number of piperazine rings is 1. The van der Waals surface area contributed by atoms with Gasteiger partial charge in [0.2, 0.25) is 10.0 Å². The van der Waals surface area contributed by atoms with Gasteiger partial charge in [0.25, 0.3) is 5.91 Å². The molecule has 3 rings (SSSR count). The Bertz CT molecular complexity index is 752. The van der Waals surface area contributed by atoms with Crippen LogP contribution in [0, 0.1) is 0 Å². The second-order valence-corrected chi connectivity index (χ2v) is 9.72. The Balaban J connectivity index is 1.56. The van der Waals surface area contributed by atoms with Crippen LogP contribution in [0.4, 0.5) is 0 Å². The van der Waals surface area contributed by atoms with E-state index in [4.69, 9.17) is 4.74 Å². The number of carbonyl (C=O) groups is 1. The van der Waals surface area contributed by atoms with Crippen LogP contribution in [-0.2, 0) is 14.8 Å². The smallest absolute Gasteiger partial charge is 0.260 e. The molecule has 1 amide bonds. The molecule has 2 aliphatic rings. The highest BCUT2D eigenvalue weighted by Crippen LogP contribution is 2.22. The average molecular weight is 410 g/mol. The first-order valence-electron chi connectivity index (χ1n) is 10.1. The summed E-state index contributed by atoms with van der Waals surface area (Å²) in [4.78, 5) is 14.7. The minimum atomic E-state index is -3.49. The van der Waals surface area contributed by atoms with E-state index in [1.807, 2.05) is 7.05 Å². The molecule has 28 heavy (non-hydrogen) atoms. The summed E-state index contributed by atoms with van der Waals surface area (Å²) in [7, 11) is -1.51. The predicted molar refractivity (Wildman–Crippen MR) is 108 cm³/mol. The fraction of sp³-hybridized carbons (Fsp3) is 0.650. The van der Waals surface area contributed by atoms with Gasteiger partial charge in [0, 0.05) is 32.2 Å². The molecule has 0 bridgehead atoms. The van der Waals surface area contributed by atoms with Gasteiger partial charge in [-0.2, -0.15) is 4.31 Å². The number of rotatable bonds is 6. The Kier molecular flexibility index (Phi) is 6.95. The van der Waals surface area contributed by atoms with Crippen LogP contribution in [0.25, 0.3) is 0 Å². The molecule has 0 radical (unpaired) electrons. The summed E-state index contributed by atoms with van der Waals surface area (Å²) in [5, 5.41) is 3.05. The fourth-order valence-corrected chi connectivity index (χ4v) is 5.11. The van der Waals surface area contributed by atoms with E-state index in [2.05, 4.69) is 10.2 Å². The Hall–Kier alpha value is -1.64. The van der Waals surface area contributed by atoms with E-state index in [1.165, 1.54) is 10.7 Å². The zero-order valence-corrected chi connectivity index (χ0v) is 17.6. The monoisotopic (exact) mass is 409 g/mol. The summed E-state index contributed by atoms with van der Waals surface area (Å²) in [6.45, 7) is 4.17. The maximum absolute atomic E-state index is 12.8. The number of benzene rings is 1. The molecule has 1 aromatic carbocycles. The first-order valence-corrected chi connectivity index (χ1v) is 11.6. The molecule has 1 heterocycles. The highest BCUT2D eigenvalue weighted by atomic mass is 32.2. The summed E-state index contributed by atoms with van der Waals surface area (Å²) in [6.07, 6.45) is 4.98. The van der Waals surface area contributed by atoms with Gasteiger partial charge in [-0.25, -0.2) is 8.42 Å². The third-order valence-electron chi connectivity index (χ3n) is 5.56. The number of sulfonamides is 1. The van der Waals surface area contributed by atoms with Crippen molar-refractivity contribution in [2.45, 2.75) is 56.1 Å². The van der Waals surface area contributed by atoms with Crippen molar-refractivity contribution in [1.29, 1.82) is 0 Å². The van der Waals surface area contributed by atoms with Crippen molar-refractivity contribution in [3.8, 4) is 5.75 Å². The van der Waals surface area contributed by atoms with Crippen LogP contribution in [0.15, 0.2) is 29.2 Å². The van der Waals surface area contributed by atoms with Gasteiger partial charge in [-0.05, 0) is 51.1 Å². The van der Waals surface area contributed by atoms with E-state index >= 15 is 0 Å². The number of hydrogen-bond acceptors (Lipinski definition) is 5. The van der Waals surface area contributed by atoms with E-state index in [0.717, 1.165) is 38.8 Å². The molecule has 156 valence electrons. The van der Waals surface area contributed by atoms with Crippen LogP contribution in [0.1, 0.15) is 39.0 Å². The van der Waals surface area contributed by atoms with Crippen LogP contribution in [0.2, 0.25) is 0 Å². The van der Waals surface area contributed by atoms with Crippen LogP contribution in [-0.4, -0.2) is 68.9 Å². The van der Waals surface area contributed by atoms with Crippen molar-refractivity contribution in [1.82, 2.24) is 14.5 Å². The average Bonchev–Trinajstić information content (AvgIpc) is 2.69. The summed E-state index contributed by atoms with van der Waals surface area (Å²) in [6, 6.07) is 6.58. The maximum atomic E-state index is 12.8. The largest absolute Gasteiger partial charge is 0.481 e. The number of carbonyl (C=O) groups excluding carboxylic acids is 1. The molecule has 1 N–H and O–H groups in total. The van der Waals surface area contributed by atoms with E-state index < -0.39 is 16.1 Å². The third kappa shape index (κ3) is 5.24. The van der Waals surface area contributed by atoms with Crippen molar-refractivity contribution >= 4 is 15.9 Å². The highest BCUT2D eigenvalue weighted by Gasteiger charge is 2.27. The topological polar surface area (TPSA) is 79.0 Å². The number of ether oxygens (including phenoxy) is 1. The van der Waals surface area contributed by atoms with Crippen molar-refractivity contribution in [3.05, 3.63) is 24.3 Å². The molecular formula is C20H31N3O4S. The van der Waals surface area contributed by atoms with Gasteiger partial charge in [0.15, 0.2) is 6.10 Å². The number of nitrogens with zero attached hydrogens (tertiary/aromatic N) is 2. The first kappa shape index (κ1) is 21.1. The maximum Gasteiger partial charge on any atom is 0.260 e. The summed E-state index contributed by atoms with van der Waals surface area (Å²) in [5.41, 5.74) is 0. The van der Waals surface area contributed by atoms with E-state index in [9.17, 15) is 13.2 Å². The number of likely N-dealkylation sites (N-methyl/N-ethyl adjacent to an activating group) is 1. The normalized spacial score (nSPS) is 21.2. The molecule has 1 unspecified atom stereocenters. The fourth-order valence-electron chi connectivity index (χ4n) is 3.69. The van der Waals surface area contributed by atoms with Gasteiger partial charge >= 0.3 is 0 Å². The summed E-state index contributed by atoms with van der Waals surface area (Å²) >= 11 is 0. The van der Waals surface area contributed by atoms with Gasteiger partial charge in [-0.1, -0.05) is 19.3 Å². The standard InChI is InChI=1S/C20H31N3O4S/c1-16(20(24)21-17-6-4-3-5-7-17)27-18-8-10-19(11-9-18)28(25,26)23-14-12-22(2)13-15-23/h8-11,16-17H,3-7,12-15H2,1-2H3,(H,21,24). The Labute approximate surface area is 168 Å². The SMILES string of the molecule is CC(Oc1ccc(S(=O)(=O)N2CCN(C)CC2)cc1)C(=O)NC1CCCCC1. The summed E-state index contributed by atoms with van der Waals surface area (Å²) < 4.78 is 32.8. The zero-order chi connectivity index (χ0) is 20.1.